The van der Waals surface area contributed by atoms with Crippen molar-refractivity contribution in [2.45, 2.75) is 32.1 Å². The van der Waals surface area contributed by atoms with Crippen molar-refractivity contribution in [2.24, 2.45) is 0 Å². The van der Waals surface area contributed by atoms with Crippen LogP contribution >= 0.6 is 0 Å². The minimum Gasteiger partial charge on any atom is -0.497 e. The van der Waals surface area contributed by atoms with Gasteiger partial charge in [-0.25, -0.2) is 0 Å². The number of carbonyl (C=O) groups is 1. The molecule has 0 N–H and O–H groups in total. The van der Waals surface area contributed by atoms with Crippen molar-refractivity contribution < 1.29 is 9.53 Å². The molecule has 2 aromatic carbocycles. The lowest BCUT2D eigenvalue weighted by molar-refractivity contribution is 0.0875. The monoisotopic (exact) mass is 280 g/mol. The lowest BCUT2D eigenvalue weighted by atomic mass is 9.68. The van der Waals surface area contributed by atoms with Gasteiger partial charge in [-0.2, -0.15) is 0 Å². The molecule has 0 amide bonds. The van der Waals surface area contributed by atoms with Crippen LogP contribution in [-0.4, -0.2) is 12.9 Å². The van der Waals surface area contributed by atoms with Crippen LogP contribution < -0.4 is 4.74 Å². The van der Waals surface area contributed by atoms with Crippen LogP contribution in [0.5, 0.6) is 5.75 Å². The van der Waals surface area contributed by atoms with Crippen molar-refractivity contribution >= 4 is 5.78 Å². The average molecular weight is 280 g/mol. The fourth-order valence-electron chi connectivity index (χ4n) is 3.18. The maximum Gasteiger partial charge on any atom is 0.173 e. The summed E-state index contributed by atoms with van der Waals surface area (Å²) < 4.78 is 5.20. The first kappa shape index (κ1) is 13.9. The van der Waals surface area contributed by atoms with E-state index in [4.69, 9.17) is 4.74 Å². The Morgan fingerprint density at radius 2 is 1.81 bits per heavy atom. The van der Waals surface area contributed by atoms with Gasteiger partial charge >= 0.3 is 0 Å². The number of Topliss-reactive ketones (excluding diaryl/α,β-unsaturated/α-hetero) is 1. The van der Waals surface area contributed by atoms with Gasteiger partial charge in [0.25, 0.3) is 0 Å². The van der Waals surface area contributed by atoms with Crippen molar-refractivity contribution in [3.05, 3.63) is 64.7 Å². The van der Waals surface area contributed by atoms with Crippen LogP contribution in [0.2, 0.25) is 0 Å². The van der Waals surface area contributed by atoms with Gasteiger partial charge in [0, 0.05) is 5.56 Å². The van der Waals surface area contributed by atoms with Crippen molar-refractivity contribution in [3.8, 4) is 5.75 Å². The zero-order valence-electron chi connectivity index (χ0n) is 12.8. The van der Waals surface area contributed by atoms with Crippen molar-refractivity contribution in [2.75, 3.05) is 7.11 Å². The lowest BCUT2D eigenvalue weighted by Gasteiger charge is -2.34. The summed E-state index contributed by atoms with van der Waals surface area (Å²) in [6.07, 6.45) is 1.81. The molecule has 0 saturated heterocycles. The van der Waals surface area contributed by atoms with Crippen LogP contribution in [-0.2, 0) is 11.8 Å². The quantitative estimate of drug-likeness (QED) is 0.828. The van der Waals surface area contributed by atoms with Gasteiger partial charge in [0.1, 0.15) is 5.75 Å². The van der Waals surface area contributed by atoms with Gasteiger partial charge in [0.15, 0.2) is 5.78 Å². The number of carbonyl (C=O) groups excluding carboxylic acids is 1. The van der Waals surface area contributed by atoms with Gasteiger partial charge < -0.3 is 4.74 Å². The highest BCUT2D eigenvalue weighted by Gasteiger charge is 2.39. The highest BCUT2D eigenvalue weighted by molar-refractivity contribution is 6.06. The van der Waals surface area contributed by atoms with Gasteiger partial charge in [-0.3, -0.25) is 4.79 Å². The second kappa shape index (κ2) is 5.03. The lowest BCUT2D eigenvalue weighted by Crippen LogP contribution is -2.37. The molecule has 1 atom stereocenters. The summed E-state index contributed by atoms with van der Waals surface area (Å²) in [6, 6.07) is 14.0. The second-order valence-corrected chi connectivity index (χ2v) is 6.05. The average Bonchev–Trinajstić information content (AvgIpc) is 2.51. The normalized spacial score (nSPS) is 21.0. The van der Waals surface area contributed by atoms with Gasteiger partial charge in [0.2, 0.25) is 0 Å². The minimum atomic E-state index is -0.436. The van der Waals surface area contributed by atoms with Crippen molar-refractivity contribution in [1.82, 2.24) is 0 Å². The molecule has 0 heterocycles. The molecule has 3 rings (SSSR count). The van der Waals surface area contributed by atoms with Gasteiger partial charge in [0.05, 0.1) is 12.5 Å². The number of rotatable bonds is 2. The van der Waals surface area contributed by atoms with E-state index in [9.17, 15) is 4.79 Å². The predicted molar refractivity (Wildman–Crippen MR) is 84.2 cm³/mol. The van der Waals surface area contributed by atoms with E-state index in [0.717, 1.165) is 29.7 Å². The summed E-state index contributed by atoms with van der Waals surface area (Å²) in [5.74, 6) is 1.05. The third-order valence-electron chi connectivity index (χ3n) is 4.63. The Morgan fingerprint density at radius 1 is 1.10 bits per heavy atom. The molecule has 2 heteroatoms. The maximum atomic E-state index is 13.0. The Labute approximate surface area is 125 Å². The molecule has 2 aromatic rings. The Bertz CT molecular complexity index is 685. The molecule has 0 aromatic heterocycles. The highest BCUT2D eigenvalue weighted by Crippen LogP contribution is 2.38. The molecule has 21 heavy (non-hydrogen) atoms. The SMILES string of the molecule is COc1ccc(C2(C)CCc3cc(C)ccc3C2=O)cc1. The number of aryl methyl sites for hydroxylation is 2. The van der Waals surface area contributed by atoms with Crippen LogP contribution in [0.15, 0.2) is 42.5 Å². The highest BCUT2D eigenvalue weighted by atomic mass is 16.5. The largest absolute Gasteiger partial charge is 0.497 e. The zero-order chi connectivity index (χ0) is 15.0. The Morgan fingerprint density at radius 3 is 2.48 bits per heavy atom. The van der Waals surface area contributed by atoms with Crippen LogP contribution in [0.4, 0.5) is 0 Å². The number of methoxy groups -OCH3 is 1. The second-order valence-electron chi connectivity index (χ2n) is 6.05. The van der Waals surface area contributed by atoms with E-state index in [2.05, 4.69) is 19.9 Å². The molecule has 0 bridgehead atoms. The van der Waals surface area contributed by atoms with Crippen LogP contribution in [0.1, 0.15) is 40.4 Å². The van der Waals surface area contributed by atoms with E-state index >= 15 is 0 Å². The third-order valence-corrected chi connectivity index (χ3v) is 4.63. The Kier molecular flexibility index (Phi) is 3.32. The summed E-state index contributed by atoms with van der Waals surface area (Å²) in [5, 5.41) is 0. The van der Waals surface area contributed by atoms with Gasteiger partial charge in [-0.1, -0.05) is 35.9 Å². The minimum absolute atomic E-state index is 0.230. The van der Waals surface area contributed by atoms with Crippen molar-refractivity contribution in [3.63, 3.8) is 0 Å². The molecule has 0 aliphatic heterocycles. The van der Waals surface area contributed by atoms with E-state index in [-0.39, 0.29) is 5.78 Å². The first-order valence-electron chi connectivity index (χ1n) is 7.33. The standard InChI is InChI=1S/C19H20O2/c1-13-4-9-17-14(12-13)10-11-19(2,18(17)20)15-5-7-16(21-3)8-6-15/h4-9,12H,10-11H2,1-3H3. The summed E-state index contributed by atoms with van der Waals surface area (Å²) in [6.45, 7) is 4.13. The molecular weight excluding hydrogens is 260 g/mol. The number of benzene rings is 2. The summed E-state index contributed by atoms with van der Waals surface area (Å²) in [4.78, 5) is 13.0. The van der Waals surface area contributed by atoms with E-state index < -0.39 is 5.41 Å². The topological polar surface area (TPSA) is 26.3 Å². The van der Waals surface area contributed by atoms with Crippen LogP contribution in [0, 0.1) is 6.92 Å². The first-order valence-corrected chi connectivity index (χ1v) is 7.33. The van der Waals surface area contributed by atoms with E-state index in [1.807, 2.05) is 36.4 Å². The van der Waals surface area contributed by atoms with Crippen molar-refractivity contribution in [1.29, 1.82) is 0 Å². The fraction of sp³-hybridized carbons (Fsp3) is 0.316. The molecule has 1 aliphatic rings. The van der Waals surface area contributed by atoms with Crippen LogP contribution in [0.25, 0.3) is 0 Å². The van der Waals surface area contributed by atoms with Gasteiger partial charge in [-0.15, -0.1) is 0 Å². The molecular formula is C19H20O2. The molecule has 2 nitrogen and oxygen atoms in total. The molecule has 1 unspecified atom stereocenters. The third kappa shape index (κ3) is 2.25. The number of ether oxygens (including phenoxy) is 1. The fourth-order valence-corrected chi connectivity index (χ4v) is 3.18. The van der Waals surface area contributed by atoms with Gasteiger partial charge in [-0.05, 0) is 49.9 Å². The smallest absolute Gasteiger partial charge is 0.173 e. The summed E-state index contributed by atoms with van der Waals surface area (Å²) >= 11 is 0. The molecule has 0 fully saturated rings. The Balaban J connectivity index is 2.02. The van der Waals surface area contributed by atoms with E-state index in [1.54, 1.807) is 7.11 Å². The number of fused-ring (bicyclic) bond motifs is 1. The summed E-state index contributed by atoms with van der Waals surface area (Å²) in [5.41, 5.74) is 3.92. The molecule has 108 valence electrons. The van der Waals surface area contributed by atoms with E-state index in [0.29, 0.717) is 0 Å². The molecule has 0 spiro atoms. The number of hydrogen-bond acceptors (Lipinski definition) is 2. The predicted octanol–water partition coefficient (Wildman–Crippen LogP) is 4.09. The molecule has 0 saturated carbocycles. The maximum absolute atomic E-state index is 13.0. The Hall–Kier alpha value is -2.09. The molecule has 1 aliphatic carbocycles. The first-order chi connectivity index (χ1) is 10.0. The van der Waals surface area contributed by atoms with E-state index in [1.165, 1.54) is 11.1 Å². The molecule has 0 radical (unpaired) electrons. The summed E-state index contributed by atoms with van der Waals surface area (Å²) in [7, 11) is 1.65. The number of hydrogen-bond donors (Lipinski definition) is 0. The van der Waals surface area contributed by atoms with Crippen LogP contribution in [0.3, 0.4) is 0 Å². The number of ketones is 1. The zero-order valence-corrected chi connectivity index (χ0v) is 12.8.